The lowest BCUT2D eigenvalue weighted by Crippen LogP contribution is -2.28. The maximum absolute atomic E-state index is 10.5. The molecule has 0 aliphatic carbocycles. The van der Waals surface area contributed by atoms with Crippen molar-refractivity contribution in [3.63, 3.8) is 0 Å². The quantitative estimate of drug-likeness (QED) is 0.686. The molecule has 0 fully saturated rings. The first-order valence-corrected chi connectivity index (χ1v) is 4.81. The molecule has 1 heterocycles. The summed E-state index contributed by atoms with van der Waals surface area (Å²) in [7, 11) is 0. The number of primary amides is 1. The van der Waals surface area contributed by atoms with Gasteiger partial charge < -0.3 is 16.0 Å². The predicted molar refractivity (Wildman–Crippen MR) is 59.2 cm³/mol. The van der Waals surface area contributed by atoms with E-state index in [9.17, 15) is 4.79 Å². The monoisotopic (exact) mass is 203 g/mol. The number of amides is 1. The van der Waals surface area contributed by atoms with Crippen molar-refractivity contribution in [2.24, 2.45) is 5.73 Å². The van der Waals surface area contributed by atoms with Crippen LogP contribution in [0.5, 0.6) is 0 Å². The molecule has 0 unspecified atom stereocenters. The number of H-pyrrole nitrogens is 1. The number of fused-ring (bicyclic) bond motifs is 1. The minimum Gasteiger partial charge on any atom is -0.369 e. The van der Waals surface area contributed by atoms with E-state index in [1.807, 2.05) is 24.4 Å². The third-order valence-corrected chi connectivity index (χ3v) is 2.25. The van der Waals surface area contributed by atoms with Crippen molar-refractivity contribution in [1.82, 2.24) is 10.3 Å². The van der Waals surface area contributed by atoms with Gasteiger partial charge in [-0.15, -0.1) is 0 Å². The molecule has 15 heavy (non-hydrogen) atoms. The van der Waals surface area contributed by atoms with Gasteiger partial charge >= 0.3 is 0 Å². The van der Waals surface area contributed by atoms with Crippen molar-refractivity contribution in [2.45, 2.75) is 6.54 Å². The molecule has 1 amide bonds. The van der Waals surface area contributed by atoms with E-state index in [-0.39, 0.29) is 12.5 Å². The van der Waals surface area contributed by atoms with Crippen LogP contribution >= 0.6 is 0 Å². The first-order chi connectivity index (χ1) is 7.25. The van der Waals surface area contributed by atoms with Crippen LogP contribution in [0.3, 0.4) is 0 Å². The number of nitrogens with two attached hydrogens (primary N) is 1. The van der Waals surface area contributed by atoms with Crippen LogP contribution in [-0.2, 0) is 11.3 Å². The Morgan fingerprint density at radius 2 is 2.27 bits per heavy atom. The fourth-order valence-electron chi connectivity index (χ4n) is 1.54. The van der Waals surface area contributed by atoms with Crippen molar-refractivity contribution in [3.8, 4) is 0 Å². The molecule has 1 aromatic heterocycles. The van der Waals surface area contributed by atoms with Crippen molar-refractivity contribution >= 4 is 16.8 Å². The Labute approximate surface area is 87.5 Å². The molecular weight excluding hydrogens is 190 g/mol. The number of carbonyl (C=O) groups is 1. The standard InChI is InChI=1S/C11H13N3O/c12-11(15)7-13-6-8-1-2-10-9(5-8)3-4-14-10/h1-5,13-14H,6-7H2,(H2,12,15). The summed E-state index contributed by atoms with van der Waals surface area (Å²) in [5, 5.41) is 4.15. The zero-order valence-electron chi connectivity index (χ0n) is 8.29. The summed E-state index contributed by atoms with van der Waals surface area (Å²) in [5.41, 5.74) is 7.29. The van der Waals surface area contributed by atoms with Crippen molar-refractivity contribution < 1.29 is 4.79 Å². The largest absolute Gasteiger partial charge is 0.369 e. The lowest BCUT2D eigenvalue weighted by molar-refractivity contribution is -0.117. The summed E-state index contributed by atoms with van der Waals surface area (Å²) < 4.78 is 0. The van der Waals surface area contributed by atoms with Gasteiger partial charge in [0.25, 0.3) is 0 Å². The van der Waals surface area contributed by atoms with E-state index in [4.69, 9.17) is 5.73 Å². The zero-order chi connectivity index (χ0) is 10.7. The molecule has 2 aromatic rings. The van der Waals surface area contributed by atoms with Crippen LogP contribution in [0.15, 0.2) is 30.5 Å². The Hall–Kier alpha value is -1.81. The Morgan fingerprint density at radius 3 is 3.07 bits per heavy atom. The Bertz CT molecular complexity index is 475. The minimum absolute atomic E-state index is 0.213. The first kappa shape index (κ1) is 9.73. The molecule has 78 valence electrons. The summed E-state index contributed by atoms with van der Waals surface area (Å²) in [6.45, 7) is 0.870. The molecule has 0 atom stereocenters. The summed E-state index contributed by atoms with van der Waals surface area (Å²) in [6.07, 6.45) is 1.91. The molecular formula is C11H13N3O. The Kier molecular flexibility index (Phi) is 2.69. The Morgan fingerprint density at radius 1 is 1.40 bits per heavy atom. The van der Waals surface area contributed by atoms with Crippen molar-refractivity contribution in [1.29, 1.82) is 0 Å². The smallest absolute Gasteiger partial charge is 0.231 e. The number of nitrogens with one attached hydrogen (secondary N) is 2. The van der Waals surface area contributed by atoms with Gasteiger partial charge in [0.1, 0.15) is 0 Å². The molecule has 4 heteroatoms. The molecule has 0 saturated heterocycles. The third-order valence-electron chi connectivity index (χ3n) is 2.25. The van der Waals surface area contributed by atoms with Crippen LogP contribution < -0.4 is 11.1 Å². The van der Waals surface area contributed by atoms with E-state index in [0.29, 0.717) is 6.54 Å². The summed E-state index contributed by atoms with van der Waals surface area (Å²) >= 11 is 0. The lowest BCUT2D eigenvalue weighted by atomic mass is 10.1. The molecule has 0 aliphatic rings. The number of hydrogen-bond acceptors (Lipinski definition) is 2. The maximum atomic E-state index is 10.5. The Balaban J connectivity index is 2.04. The average Bonchev–Trinajstić information content (AvgIpc) is 2.64. The number of aromatic amines is 1. The average molecular weight is 203 g/mol. The van der Waals surface area contributed by atoms with Crippen LogP contribution in [0, 0.1) is 0 Å². The SMILES string of the molecule is NC(=O)CNCc1ccc2[nH]ccc2c1. The maximum Gasteiger partial charge on any atom is 0.231 e. The van der Waals surface area contributed by atoms with Gasteiger partial charge in [-0.05, 0) is 29.1 Å². The third kappa shape index (κ3) is 2.35. The molecule has 0 bridgehead atoms. The van der Waals surface area contributed by atoms with Crippen molar-refractivity contribution in [2.75, 3.05) is 6.54 Å². The van der Waals surface area contributed by atoms with E-state index in [2.05, 4.69) is 16.4 Å². The van der Waals surface area contributed by atoms with Crippen molar-refractivity contribution in [3.05, 3.63) is 36.0 Å². The van der Waals surface area contributed by atoms with E-state index in [0.717, 1.165) is 11.1 Å². The molecule has 4 N–H and O–H groups in total. The van der Waals surface area contributed by atoms with Gasteiger partial charge in [0, 0.05) is 18.3 Å². The highest BCUT2D eigenvalue weighted by molar-refractivity contribution is 5.80. The van der Waals surface area contributed by atoms with E-state index in [1.165, 1.54) is 5.39 Å². The molecule has 0 aliphatic heterocycles. The molecule has 0 saturated carbocycles. The van der Waals surface area contributed by atoms with Crippen LogP contribution in [0.4, 0.5) is 0 Å². The van der Waals surface area contributed by atoms with Crippen LogP contribution in [0.25, 0.3) is 10.9 Å². The van der Waals surface area contributed by atoms with Gasteiger partial charge in [-0.2, -0.15) is 0 Å². The van der Waals surface area contributed by atoms with E-state index in [1.54, 1.807) is 0 Å². The number of aromatic nitrogens is 1. The summed E-state index contributed by atoms with van der Waals surface area (Å²) in [5.74, 6) is -0.335. The van der Waals surface area contributed by atoms with Gasteiger partial charge in [0.05, 0.1) is 6.54 Å². The highest BCUT2D eigenvalue weighted by Gasteiger charge is 1.98. The summed E-state index contributed by atoms with van der Waals surface area (Å²) in [6, 6.07) is 8.15. The number of benzene rings is 1. The number of hydrogen-bond donors (Lipinski definition) is 3. The van der Waals surface area contributed by atoms with Crippen LogP contribution in [-0.4, -0.2) is 17.4 Å². The second-order valence-corrected chi connectivity index (χ2v) is 3.47. The van der Waals surface area contributed by atoms with Crippen LogP contribution in [0.1, 0.15) is 5.56 Å². The fraction of sp³-hybridized carbons (Fsp3) is 0.182. The van der Waals surface area contributed by atoms with Gasteiger partial charge in [0.15, 0.2) is 0 Å². The lowest BCUT2D eigenvalue weighted by Gasteiger charge is -2.02. The number of carbonyl (C=O) groups excluding carboxylic acids is 1. The zero-order valence-corrected chi connectivity index (χ0v) is 8.29. The second-order valence-electron chi connectivity index (χ2n) is 3.47. The molecule has 0 radical (unpaired) electrons. The number of rotatable bonds is 4. The predicted octanol–water partition coefficient (Wildman–Crippen LogP) is 0.743. The molecule has 0 spiro atoms. The highest BCUT2D eigenvalue weighted by atomic mass is 16.1. The molecule has 1 aromatic carbocycles. The first-order valence-electron chi connectivity index (χ1n) is 4.81. The van der Waals surface area contributed by atoms with Gasteiger partial charge in [0.2, 0.25) is 5.91 Å². The highest BCUT2D eigenvalue weighted by Crippen LogP contribution is 2.13. The van der Waals surface area contributed by atoms with Gasteiger partial charge in [-0.1, -0.05) is 6.07 Å². The molecule has 2 rings (SSSR count). The normalized spacial score (nSPS) is 10.7. The van der Waals surface area contributed by atoms with Gasteiger partial charge in [-0.25, -0.2) is 0 Å². The topological polar surface area (TPSA) is 70.9 Å². The second kappa shape index (κ2) is 4.14. The van der Waals surface area contributed by atoms with E-state index >= 15 is 0 Å². The van der Waals surface area contributed by atoms with Gasteiger partial charge in [-0.3, -0.25) is 4.79 Å². The summed E-state index contributed by atoms with van der Waals surface area (Å²) in [4.78, 5) is 13.6. The molecule has 4 nitrogen and oxygen atoms in total. The van der Waals surface area contributed by atoms with Crippen LogP contribution in [0.2, 0.25) is 0 Å². The van der Waals surface area contributed by atoms with E-state index < -0.39 is 0 Å². The minimum atomic E-state index is -0.335. The fourth-order valence-corrected chi connectivity index (χ4v) is 1.54.